The van der Waals surface area contributed by atoms with E-state index in [4.69, 9.17) is 9.47 Å². The maximum absolute atomic E-state index is 9.93. The van der Waals surface area contributed by atoms with E-state index in [2.05, 4.69) is 6.58 Å². The molecule has 0 aromatic heterocycles. The van der Waals surface area contributed by atoms with Crippen LogP contribution in [0, 0.1) is 5.41 Å². The zero-order valence-corrected chi connectivity index (χ0v) is 8.87. The summed E-state index contributed by atoms with van der Waals surface area (Å²) < 4.78 is 10.6. The summed E-state index contributed by atoms with van der Waals surface area (Å²) in [6, 6.07) is 0. The Balaban J connectivity index is 2.62. The Kier molecular flexibility index (Phi) is 4.58. The molecule has 0 bridgehead atoms. The van der Waals surface area contributed by atoms with E-state index in [9.17, 15) is 5.11 Å². The van der Waals surface area contributed by atoms with Crippen LogP contribution in [0.15, 0.2) is 12.7 Å². The first-order valence-electron chi connectivity index (χ1n) is 5.23. The molecule has 0 radical (unpaired) electrons. The summed E-state index contributed by atoms with van der Waals surface area (Å²) in [6.45, 7) is 7.58. The molecular formula is C11H20O3. The highest BCUT2D eigenvalue weighted by atomic mass is 16.6. The second kappa shape index (κ2) is 5.49. The van der Waals surface area contributed by atoms with Crippen LogP contribution in [-0.4, -0.2) is 31.2 Å². The van der Waals surface area contributed by atoms with Crippen molar-refractivity contribution in [2.45, 2.75) is 32.5 Å². The molecule has 0 spiro atoms. The van der Waals surface area contributed by atoms with Crippen LogP contribution in [0.5, 0.6) is 0 Å². The average molecular weight is 200 g/mol. The fourth-order valence-corrected chi connectivity index (χ4v) is 1.95. The highest BCUT2D eigenvalue weighted by molar-refractivity contribution is 4.90. The Morgan fingerprint density at radius 3 is 2.71 bits per heavy atom. The molecule has 82 valence electrons. The lowest BCUT2D eigenvalue weighted by molar-refractivity contribution is -0.196. The molecule has 1 N–H and O–H groups in total. The monoisotopic (exact) mass is 200 g/mol. The quantitative estimate of drug-likeness (QED) is 0.542. The zero-order chi connectivity index (χ0) is 10.4. The largest absolute Gasteiger partial charge is 0.381 e. The van der Waals surface area contributed by atoms with Gasteiger partial charge in [-0.05, 0) is 26.2 Å². The van der Waals surface area contributed by atoms with Gasteiger partial charge in [0.25, 0.3) is 0 Å². The molecule has 14 heavy (non-hydrogen) atoms. The molecule has 1 heterocycles. The molecule has 0 amide bonds. The van der Waals surface area contributed by atoms with Gasteiger partial charge < -0.3 is 14.6 Å². The van der Waals surface area contributed by atoms with Gasteiger partial charge in [-0.1, -0.05) is 6.08 Å². The van der Waals surface area contributed by atoms with Gasteiger partial charge in [-0.25, -0.2) is 0 Å². The summed E-state index contributed by atoms with van der Waals surface area (Å²) >= 11 is 0. The van der Waals surface area contributed by atoms with E-state index < -0.39 is 6.29 Å². The number of aliphatic hydroxyl groups is 1. The van der Waals surface area contributed by atoms with Gasteiger partial charge in [0.1, 0.15) is 0 Å². The van der Waals surface area contributed by atoms with Crippen molar-refractivity contribution in [2.24, 2.45) is 5.41 Å². The van der Waals surface area contributed by atoms with Crippen molar-refractivity contribution in [1.29, 1.82) is 0 Å². The first-order valence-corrected chi connectivity index (χ1v) is 5.23. The average Bonchev–Trinajstić information content (AvgIpc) is 2.20. The molecular weight excluding hydrogens is 180 g/mol. The molecule has 1 unspecified atom stereocenters. The molecule has 0 aromatic rings. The summed E-state index contributed by atoms with van der Waals surface area (Å²) in [6.07, 6.45) is 3.65. The Labute approximate surface area is 85.7 Å². The third-order valence-electron chi connectivity index (χ3n) is 2.89. The molecule has 0 aliphatic carbocycles. The minimum Gasteiger partial charge on any atom is -0.381 e. The molecule has 3 nitrogen and oxygen atoms in total. The second-order valence-corrected chi connectivity index (χ2v) is 3.78. The topological polar surface area (TPSA) is 38.7 Å². The first kappa shape index (κ1) is 11.7. The van der Waals surface area contributed by atoms with E-state index in [0.717, 1.165) is 19.3 Å². The number of hydrogen-bond acceptors (Lipinski definition) is 3. The van der Waals surface area contributed by atoms with Crippen LogP contribution in [0.4, 0.5) is 0 Å². The molecule has 1 aliphatic rings. The van der Waals surface area contributed by atoms with E-state index in [-0.39, 0.29) is 5.41 Å². The van der Waals surface area contributed by atoms with Gasteiger partial charge in [0, 0.05) is 25.2 Å². The normalized spacial score (nSPS) is 23.0. The van der Waals surface area contributed by atoms with Crippen LogP contribution in [0.2, 0.25) is 0 Å². The predicted molar refractivity (Wildman–Crippen MR) is 54.9 cm³/mol. The fourth-order valence-electron chi connectivity index (χ4n) is 1.95. The van der Waals surface area contributed by atoms with Gasteiger partial charge in [-0.2, -0.15) is 0 Å². The molecule has 0 saturated carbocycles. The van der Waals surface area contributed by atoms with Gasteiger partial charge in [0.15, 0.2) is 6.29 Å². The van der Waals surface area contributed by atoms with Crippen LogP contribution in [-0.2, 0) is 9.47 Å². The Morgan fingerprint density at radius 2 is 2.21 bits per heavy atom. The minimum absolute atomic E-state index is 0.171. The molecule has 0 aromatic carbocycles. The van der Waals surface area contributed by atoms with Crippen molar-refractivity contribution in [3.05, 3.63) is 12.7 Å². The summed E-state index contributed by atoms with van der Waals surface area (Å²) in [5.74, 6) is 0. The first-order chi connectivity index (χ1) is 6.75. The lowest BCUT2D eigenvalue weighted by Crippen LogP contribution is -2.41. The number of allylic oxidation sites excluding steroid dienone is 1. The second-order valence-electron chi connectivity index (χ2n) is 3.78. The van der Waals surface area contributed by atoms with Crippen LogP contribution < -0.4 is 0 Å². The van der Waals surface area contributed by atoms with Crippen LogP contribution >= 0.6 is 0 Å². The molecule has 1 atom stereocenters. The van der Waals surface area contributed by atoms with Crippen molar-refractivity contribution in [2.75, 3.05) is 19.8 Å². The van der Waals surface area contributed by atoms with E-state index in [1.165, 1.54) is 0 Å². The maximum Gasteiger partial charge on any atom is 0.160 e. The van der Waals surface area contributed by atoms with Gasteiger partial charge in [0.05, 0.1) is 0 Å². The smallest absolute Gasteiger partial charge is 0.160 e. The minimum atomic E-state index is -0.686. The maximum atomic E-state index is 9.93. The SMILES string of the molecule is C=CCC1(C(O)OCC)CCOCC1. The van der Waals surface area contributed by atoms with Gasteiger partial charge >= 0.3 is 0 Å². The predicted octanol–water partition coefficient (Wildman–Crippen LogP) is 1.71. The van der Waals surface area contributed by atoms with Gasteiger partial charge in [-0.15, -0.1) is 6.58 Å². The summed E-state index contributed by atoms with van der Waals surface area (Å²) in [5, 5.41) is 9.93. The highest BCUT2D eigenvalue weighted by Gasteiger charge is 2.39. The van der Waals surface area contributed by atoms with Crippen LogP contribution in [0.25, 0.3) is 0 Å². The Morgan fingerprint density at radius 1 is 1.57 bits per heavy atom. The Hall–Kier alpha value is -0.380. The standard InChI is InChI=1S/C11H20O3/c1-3-5-11(10(12)14-4-2)6-8-13-9-7-11/h3,10,12H,1,4-9H2,2H3. The number of rotatable bonds is 5. The van der Waals surface area contributed by atoms with Crippen LogP contribution in [0.1, 0.15) is 26.2 Å². The van der Waals surface area contributed by atoms with Crippen molar-refractivity contribution < 1.29 is 14.6 Å². The summed E-state index contributed by atoms with van der Waals surface area (Å²) in [4.78, 5) is 0. The third kappa shape index (κ3) is 2.56. The van der Waals surface area contributed by atoms with Crippen molar-refractivity contribution in [1.82, 2.24) is 0 Å². The number of aliphatic hydroxyl groups excluding tert-OH is 1. The fraction of sp³-hybridized carbons (Fsp3) is 0.818. The highest BCUT2D eigenvalue weighted by Crippen LogP contribution is 2.38. The zero-order valence-electron chi connectivity index (χ0n) is 8.87. The van der Waals surface area contributed by atoms with Crippen LogP contribution in [0.3, 0.4) is 0 Å². The summed E-state index contributed by atoms with van der Waals surface area (Å²) in [7, 11) is 0. The lowest BCUT2D eigenvalue weighted by atomic mass is 9.76. The van der Waals surface area contributed by atoms with Gasteiger partial charge in [0.2, 0.25) is 0 Å². The lowest BCUT2D eigenvalue weighted by Gasteiger charge is -2.39. The molecule has 1 saturated heterocycles. The van der Waals surface area contributed by atoms with Crippen molar-refractivity contribution in [3.63, 3.8) is 0 Å². The molecule has 1 fully saturated rings. The molecule has 1 aliphatic heterocycles. The van der Waals surface area contributed by atoms with Crippen molar-refractivity contribution >= 4 is 0 Å². The number of ether oxygens (including phenoxy) is 2. The third-order valence-corrected chi connectivity index (χ3v) is 2.89. The van der Waals surface area contributed by atoms with Crippen molar-refractivity contribution in [3.8, 4) is 0 Å². The van der Waals surface area contributed by atoms with E-state index in [1.54, 1.807) is 0 Å². The summed E-state index contributed by atoms with van der Waals surface area (Å²) in [5.41, 5.74) is -0.171. The Bertz CT molecular complexity index is 173. The van der Waals surface area contributed by atoms with E-state index in [0.29, 0.717) is 19.8 Å². The molecule has 1 rings (SSSR count). The molecule has 3 heteroatoms. The van der Waals surface area contributed by atoms with E-state index >= 15 is 0 Å². The van der Waals surface area contributed by atoms with Gasteiger partial charge in [-0.3, -0.25) is 0 Å². The number of hydrogen-bond donors (Lipinski definition) is 1. The van der Waals surface area contributed by atoms with E-state index in [1.807, 2.05) is 13.0 Å².